The van der Waals surface area contributed by atoms with Gasteiger partial charge in [-0.15, -0.1) is 0 Å². The molecule has 1 atom stereocenters. The molecule has 19 heavy (non-hydrogen) atoms. The quantitative estimate of drug-likeness (QED) is 0.863. The third-order valence-corrected chi connectivity index (χ3v) is 4.45. The summed E-state index contributed by atoms with van der Waals surface area (Å²) >= 11 is 0. The van der Waals surface area contributed by atoms with Crippen LogP contribution in [-0.4, -0.2) is 20.2 Å². The Morgan fingerprint density at radius 3 is 2.68 bits per heavy atom. The molecule has 2 nitrogen and oxygen atoms in total. The first kappa shape index (κ1) is 14.4. The number of piperidine rings is 1. The second kappa shape index (κ2) is 6.95. The Balaban J connectivity index is 2.29. The monoisotopic (exact) mass is 261 g/mol. The summed E-state index contributed by atoms with van der Waals surface area (Å²) in [6, 6.07) is 6.81. The molecule has 106 valence electrons. The summed E-state index contributed by atoms with van der Waals surface area (Å²) in [5.74, 6) is 2.35. The normalized spacial score (nSPS) is 19.7. The lowest BCUT2D eigenvalue weighted by Gasteiger charge is -2.26. The Morgan fingerprint density at radius 1 is 1.32 bits per heavy atom. The molecule has 2 rings (SSSR count). The van der Waals surface area contributed by atoms with Gasteiger partial charge in [-0.3, -0.25) is 0 Å². The Labute approximate surface area is 117 Å². The molecule has 0 spiro atoms. The predicted molar refractivity (Wildman–Crippen MR) is 81.2 cm³/mol. The van der Waals surface area contributed by atoms with Crippen LogP contribution in [0.3, 0.4) is 0 Å². The van der Waals surface area contributed by atoms with Gasteiger partial charge in [0.15, 0.2) is 0 Å². The lowest BCUT2D eigenvalue weighted by molar-refractivity contribution is 0.391. The van der Waals surface area contributed by atoms with Crippen molar-refractivity contribution in [1.82, 2.24) is 5.32 Å². The van der Waals surface area contributed by atoms with E-state index in [1.807, 2.05) is 0 Å². The summed E-state index contributed by atoms with van der Waals surface area (Å²) in [5, 5.41) is 3.51. The molecule has 1 fully saturated rings. The fraction of sp³-hybridized carbons (Fsp3) is 0.647. The second-order valence-corrected chi connectivity index (χ2v) is 5.56. The highest BCUT2D eigenvalue weighted by Crippen LogP contribution is 2.35. The van der Waals surface area contributed by atoms with Crippen molar-refractivity contribution in [3.63, 3.8) is 0 Å². The Kier molecular flexibility index (Phi) is 5.26. The Hall–Kier alpha value is -1.02. The summed E-state index contributed by atoms with van der Waals surface area (Å²) < 4.78 is 5.57. The van der Waals surface area contributed by atoms with Crippen molar-refractivity contribution >= 4 is 0 Å². The van der Waals surface area contributed by atoms with Gasteiger partial charge < -0.3 is 10.1 Å². The van der Waals surface area contributed by atoms with Crippen LogP contribution < -0.4 is 10.1 Å². The van der Waals surface area contributed by atoms with Crippen LogP contribution in [0.2, 0.25) is 0 Å². The van der Waals surface area contributed by atoms with Crippen molar-refractivity contribution in [3.8, 4) is 5.75 Å². The number of hydrogen-bond acceptors (Lipinski definition) is 2. The topological polar surface area (TPSA) is 21.3 Å². The molecule has 1 heterocycles. The fourth-order valence-electron chi connectivity index (χ4n) is 3.20. The molecule has 0 amide bonds. The molecule has 1 aromatic carbocycles. The molecule has 0 saturated carbocycles. The van der Waals surface area contributed by atoms with Crippen LogP contribution in [0.1, 0.15) is 62.5 Å². The largest absolute Gasteiger partial charge is 0.496 e. The van der Waals surface area contributed by atoms with Gasteiger partial charge in [0.2, 0.25) is 0 Å². The van der Waals surface area contributed by atoms with E-state index in [-0.39, 0.29) is 0 Å². The minimum atomic E-state index is 0.609. The molecule has 0 bridgehead atoms. The first-order chi connectivity index (χ1) is 9.30. The zero-order valence-electron chi connectivity index (χ0n) is 12.5. The van der Waals surface area contributed by atoms with Crippen LogP contribution in [0.25, 0.3) is 0 Å². The molecule has 0 aromatic heterocycles. The SMILES string of the molecule is CCC(CC)c1ccc(OC)c(C2CCCNC2)c1. The minimum absolute atomic E-state index is 0.609. The van der Waals surface area contributed by atoms with E-state index in [0.29, 0.717) is 11.8 Å². The lowest BCUT2D eigenvalue weighted by atomic mass is 9.86. The Bertz CT molecular complexity index is 392. The van der Waals surface area contributed by atoms with Crippen LogP contribution in [0.15, 0.2) is 18.2 Å². The molecule has 0 aliphatic carbocycles. The van der Waals surface area contributed by atoms with Crippen molar-refractivity contribution < 1.29 is 4.74 Å². The second-order valence-electron chi connectivity index (χ2n) is 5.56. The predicted octanol–water partition coefficient (Wildman–Crippen LogP) is 4.07. The summed E-state index contributed by atoms with van der Waals surface area (Å²) in [6.45, 7) is 6.80. The molecule has 1 aromatic rings. The lowest BCUT2D eigenvalue weighted by Crippen LogP contribution is -2.28. The Morgan fingerprint density at radius 2 is 2.11 bits per heavy atom. The zero-order valence-corrected chi connectivity index (χ0v) is 12.5. The van der Waals surface area contributed by atoms with E-state index in [1.54, 1.807) is 7.11 Å². The molecule has 0 radical (unpaired) electrons. The number of hydrogen-bond donors (Lipinski definition) is 1. The van der Waals surface area contributed by atoms with E-state index >= 15 is 0 Å². The maximum absolute atomic E-state index is 5.57. The maximum Gasteiger partial charge on any atom is 0.122 e. The van der Waals surface area contributed by atoms with E-state index in [9.17, 15) is 0 Å². The molecule has 2 heteroatoms. The van der Waals surface area contributed by atoms with E-state index in [2.05, 4.69) is 37.4 Å². The fourth-order valence-corrected chi connectivity index (χ4v) is 3.20. The highest BCUT2D eigenvalue weighted by molar-refractivity contribution is 5.41. The van der Waals surface area contributed by atoms with Crippen molar-refractivity contribution in [2.75, 3.05) is 20.2 Å². The standard InChI is InChI=1S/C17H27NO/c1-4-13(5-2)14-8-9-17(19-3)16(11-14)15-7-6-10-18-12-15/h8-9,11,13,15,18H,4-7,10,12H2,1-3H3. The van der Waals surface area contributed by atoms with Crippen LogP contribution in [0.4, 0.5) is 0 Å². The van der Waals surface area contributed by atoms with Gasteiger partial charge in [-0.25, -0.2) is 0 Å². The third-order valence-electron chi connectivity index (χ3n) is 4.45. The summed E-state index contributed by atoms with van der Waals surface area (Å²) in [4.78, 5) is 0. The van der Waals surface area contributed by atoms with Gasteiger partial charge in [-0.1, -0.05) is 26.0 Å². The molecule has 1 aliphatic heterocycles. The third kappa shape index (κ3) is 3.30. The average molecular weight is 261 g/mol. The number of methoxy groups -OCH3 is 1. The first-order valence-electron chi connectivity index (χ1n) is 7.68. The average Bonchev–Trinajstić information content (AvgIpc) is 2.49. The van der Waals surface area contributed by atoms with Gasteiger partial charge in [-0.2, -0.15) is 0 Å². The van der Waals surface area contributed by atoms with Gasteiger partial charge >= 0.3 is 0 Å². The highest BCUT2D eigenvalue weighted by atomic mass is 16.5. The molecule has 1 unspecified atom stereocenters. The van der Waals surface area contributed by atoms with E-state index in [0.717, 1.165) is 18.8 Å². The van der Waals surface area contributed by atoms with Gasteiger partial charge in [0.25, 0.3) is 0 Å². The number of nitrogens with one attached hydrogen (secondary N) is 1. The molecule has 1 saturated heterocycles. The molecular formula is C17H27NO. The molecule has 1 aliphatic rings. The number of rotatable bonds is 5. The van der Waals surface area contributed by atoms with E-state index in [1.165, 1.54) is 36.8 Å². The van der Waals surface area contributed by atoms with Crippen molar-refractivity contribution in [1.29, 1.82) is 0 Å². The minimum Gasteiger partial charge on any atom is -0.496 e. The van der Waals surface area contributed by atoms with Crippen molar-refractivity contribution in [2.45, 2.75) is 51.4 Å². The highest BCUT2D eigenvalue weighted by Gasteiger charge is 2.20. The van der Waals surface area contributed by atoms with Crippen molar-refractivity contribution in [3.05, 3.63) is 29.3 Å². The maximum atomic E-state index is 5.57. The van der Waals surface area contributed by atoms with Crippen LogP contribution >= 0.6 is 0 Å². The van der Waals surface area contributed by atoms with Crippen molar-refractivity contribution in [2.24, 2.45) is 0 Å². The van der Waals surface area contributed by atoms with E-state index < -0.39 is 0 Å². The van der Waals surface area contributed by atoms with Gasteiger partial charge in [-0.05, 0) is 55.3 Å². The summed E-state index contributed by atoms with van der Waals surface area (Å²) in [6.07, 6.45) is 4.97. The summed E-state index contributed by atoms with van der Waals surface area (Å²) in [5.41, 5.74) is 2.88. The smallest absolute Gasteiger partial charge is 0.122 e. The van der Waals surface area contributed by atoms with Gasteiger partial charge in [0.05, 0.1) is 7.11 Å². The molecular weight excluding hydrogens is 234 g/mol. The summed E-state index contributed by atoms with van der Waals surface area (Å²) in [7, 11) is 1.78. The van der Waals surface area contributed by atoms with Gasteiger partial charge in [0.1, 0.15) is 5.75 Å². The van der Waals surface area contributed by atoms with Crippen LogP contribution in [-0.2, 0) is 0 Å². The molecule has 1 N–H and O–H groups in total. The van der Waals surface area contributed by atoms with Crippen LogP contribution in [0.5, 0.6) is 5.75 Å². The van der Waals surface area contributed by atoms with E-state index in [4.69, 9.17) is 4.74 Å². The van der Waals surface area contributed by atoms with Crippen LogP contribution in [0, 0.1) is 0 Å². The zero-order chi connectivity index (χ0) is 13.7. The first-order valence-corrected chi connectivity index (χ1v) is 7.68. The number of ether oxygens (including phenoxy) is 1. The number of benzene rings is 1. The van der Waals surface area contributed by atoms with Gasteiger partial charge in [0, 0.05) is 12.5 Å².